The molecule has 2 atom stereocenters. The quantitative estimate of drug-likeness (QED) is 0.833. The molecule has 0 spiro atoms. The van der Waals surface area contributed by atoms with Crippen molar-refractivity contribution in [2.45, 2.75) is 46.6 Å². The zero-order chi connectivity index (χ0) is 15.3. The molecule has 1 amide bonds. The van der Waals surface area contributed by atoms with Crippen LogP contribution in [0.4, 0.5) is 0 Å². The van der Waals surface area contributed by atoms with Gasteiger partial charge in [0.05, 0.1) is 0 Å². The van der Waals surface area contributed by atoms with Crippen LogP contribution in [0.5, 0.6) is 0 Å². The first-order valence-corrected chi connectivity index (χ1v) is 7.24. The van der Waals surface area contributed by atoms with Crippen molar-refractivity contribution in [2.24, 2.45) is 5.41 Å². The lowest BCUT2D eigenvalue weighted by Crippen LogP contribution is -2.47. The van der Waals surface area contributed by atoms with E-state index in [1.165, 1.54) is 0 Å². The summed E-state index contributed by atoms with van der Waals surface area (Å²) in [5, 5.41) is 6.77. The highest BCUT2D eigenvalue weighted by atomic mass is 16.5. The van der Waals surface area contributed by atoms with Gasteiger partial charge in [-0.05, 0) is 32.9 Å². The van der Waals surface area contributed by atoms with E-state index >= 15 is 0 Å². The first-order valence-electron chi connectivity index (χ1n) is 7.24. The van der Waals surface area contributed by atoms with E-state index in [4.69, 9.17) is 4.52 Å². The summed E-state index contributed by atoms with van der Waals surface area (Å²) in [5.41, 5.74) is 0.383. The number of carbonyl (C=O) groups excluding carboxylic acids is 1. The number of hydrogen-bond donors (Lipinski definition) is 1. The van der Waals surface area contributed by atoms with Gasteiger partial charge in [-0.2, -0.15) is 0 Å². The Balaban J connectivity index is 2.66. The molecule has 114 valence electrons. The Kier molecular flexibility index (Phi) is 5.74. The van der Waals surface area contributed by atoms with Gasteiger partial charge in [-0.3, -0.25) is 4.79 Å². The van der Waals surface area contributed by atoms with Crippen LogP contribution < -0.4 is 5.32 Å². The maximum Gasteiger partial charge on any atom is 0.273 e. The Hall–Kier alpha value is -1.36. The van der Waals surface area contributed by atoms with Gasteiger partial charge in [-0.1, -0.05) is 25.9 Å². The number of nitrogens with one attached hydrogen (secondary N) is 1. The lowest BCUT2D eigenvalue weighted by atomic mass is 9.80. The molecular weight excluding hydrogens is 254 g/mol. The Morgan fingerprint density at radius 3 is 2.60 bits per heavy atom. The van der Waals surface area contributed by atoms with Crippen LogP contribution in [-0.2, 0) is 6.42 Å². The summed E-state index contributed by atoms with van der Waals surface area (Å²) in [4.78, 5) is 14.3. The second kappa shape index (κ2) is 6.88. The summed E-state index contributed by atoms with van der Waals surface area (Å²) >= 11 is 0. The van der Waals surface area contributed by atoms with E-state index in [1.54, 1.807) is 6.07 Å². The van der Waals surface area contributed by atoms with Crippen molar-refractivity contribution < 1.29 is 9.32 Å². The average molecular weight is 281 g/mol. The van der Waals surface area contributed by atoms with Crippen LogP contribution in [0.2, 0.25) is 0 Å². The van der Waals surface area contributed by atoms with Crippen molar-refractivity contribution in [3.05, 3.63) is 17.5 Å². The third kappa shape index (κ3) is 3.82. The summed E-state index contributed by atoms with van der Waals surface area (Å²) in [6.07, 6.45) is 1.73. The number of aryl methyl sites for hydroxylation is 1. The number of nitrogens with zero attached hydrogens (tertiary/aromatic N) is 2. The van der Waals surface area contributed by atoms with Gasteiger partial charge in [0.2, 0.25) is 0 Å². The number of aromatic nitrogens is 1. The number of hydrogen-bond acceptors (Lipinski definition) is 4. The van der Waals surface area contributed by atoms with Crippen molar-refractivity contribution in [1.82, 2.24) is 15.4 Å². The van der Waals surface area contributed by atoms with Gasteiger partial charge in [0.25, 0.3) is 5.91 Å². The predicted octanol–water partition coefficient (Wildman–Crippen LogP) is 2.33. The summed E-state index contributed by atoms with van der Waals surface area (Å²) in [6.45, 7) is 9.11. The molecule has 20 heavy (non-hydrogen) atoms. The van der Waals surface area contributed by atoms with Crippen LogP contribution >= 0.6 is 0 Å². The third-order valence-corrected chi connectivity index (χ3v) is 4.38. The van der Waals surface area contributed by atoms with Gasteiger partial charge in [0.1, 0.15) is 5.76 Å². The highest BCUT2D eigenvalue weighted by Crippen LogP contribution is 2.27. The van der Waals surface area contributed by atoms with Gasteiger partial charge in [-0.25, -0.2) is 0 Å². The molecule has 0 aliphatic carbocycles. The molecule has 5 nitrogen and oxygen atoms in total. The van der Waals surface area contributed by atoms with E-state index in [0.717, 1.165) is 18.6 Å². The van der Waals surface area contributed by atoms with Crippen LogP contribution in [0, 0.1) is 5.41 Å². The number of carbonyl (C=O) groups is 1. The van der Waals surface area contributed by atoms with Gasteiger partial charge >= 0.3 is 0 Å². The number of rotatable bonds is 7. The van der Waals surface area contributed by atoms with Crippen LogP contribution in [-0.4, -0.2) is 42.6 Å². The highest BCUT2D eigenvalue weighted by molar-refractivity contribution is 5.92. The van der Waals surface area contributed by atoms with Gasteiger partial charge in [0.15, 0.2) is 5.69 Å². The molecule has 2 unspecified atom stereocenters. The molecule has 0 bridgehead atoms. The van der Waals surface area contributed by atoms with E-state index in [-0.39, 0.29) is 11.3 Å². The second-order valence-corrected chi connectivity index (χ2v) is 5.86. The van der Waals surface area contributed by atoms with Crippen molar-refractivity contribution in [3.63, 3.8) is 0 Å². The zero-order valence-corrected chi connectivity index (χ0v) is 13.5. The molecule has 0 radical (unpaired) electrons. The molecule has 0 fully saturated rings. The SMILES string of the molecule is CCc1cc(C(=O)NCC(C)(CC)C(C)N(C)C)no1. The standard InChI is InChI=1S/C15H27N3O2/c1-7-12-9-13(17-20-12)14(19)16-10-15(4,8-2)11(3)18(5)6/h9,11H,7-8,10H2,1-6H3,(H,16,19). The fraction of sp³-hybridized carbons (Fsp3) is 0.733. The topological polar surface area (TPSA) is 58.4 Å². The van der Waals surface area contributed by atoms with Crippen LogP contribution in [0.1, 0.15) is 50.4 Å². The molecule has 1 rings (SSSR count). The predicted molar refractivity (Wildman–Crippen MR) is 79.8 cm³/mol. The molecular formula is C15H27N3O2. The fourth-order valence-electron chi connectivity index (χ4n) is 2.15. The minimum Gasteiger partial charge on any atom is -0.361 e. The van der Waals surface area contributed by atoms with Crippen LogP contribution in [0.3, 0.4) is 0 Å². The van der Waals surface area contributed by atoms with Gasteiger partial charge in [-0.15, -0.1) is 0 Å². The average Bonchev–Trinajstić information content (AvgIpc) is 2.92. The molecule has 1 aromatic rings. The molecule has 1 N–H and O–H groups in total. The van der Waals surface area contributed by atoms with Gasteiger partial charge < -0.3 is 14.7 Å². The molecule has 0 aromatic carbocycles. The Bertz CT molecular complexity index is 442. The van der Waals surface area contributed by atoms with E-state index in [9.17, 15) is 4.79 Å². The molecule has 1 heterocycles. The lowest BCUT2D eigenvalue weighted by molar-refractivity contribution is 0.0862. The molecule has 5 heteroatoms. The van der Waals surface area contributed by atoms with E-state index < -0.39 is 0 Å². The van der Waals surface area contributed by atoms with Crippen molar-refractivity contribution in [3.8, 4) is 0 Å². The second-order valence-electron chi connectivity index (χ2n) is 5.86. The first kappa shape index (κ1) is 16.7. The Morgan fingerprint density at radius 1 is 1.50 bits per heavy atom. The minimum absolute atomic E-state index is 0.0243. The minimum atomic E-state index is -0.168. The Labute approximate surface area is 121 Å². The fourth-order valence-corrected chi connectivity index (χ4v) is 2.15. The third-order valence-electron chi connectivity index (χ3n) is 4.38. The monoisotopic (exact) mass is 281 g/mol. The smallest absolute Gasteiger partial charge is 0.273 e. The highest BCUT2D eigenvalue weighted by Gasteiger charge is 2.31. The van der Waals surface area contributed by atoms with Crippen molar-refractivity contribution in [2.75, 3.05) is 20.6 Å². The summed E-state index contributed by atoms with van der Waals surface area (Å²) < 4.78 is 5.06. The summed E-state index contributed by atoms with van der Waals surface area (Å²) in [5.74, 6) is 0.564. The van der Waals surface area contributed by atoms with Crippen molar-refractivity contribution in [1.29, 1.82) is 0 Å². The lowest BCUT2D eigenvalue weighted by Gasteiger charge is -2.38. The van der Waals surface area contributed by atoms with Crippen molar-refractivity contribution >= 4 is 5.91 Å². The molecule has 0 saturated heterocycles. The first-order chi connectivity index (χ1) is 9.34. The molecule has 0 aliphatic heterocycles. The normalized spacial score (nSPS) is 15.9. The van der Waals surface area contributed by atoms with E-state index in [0.29, 0.717) is 18.3 Å². The van der Waals surface area contributed by atoms with Crippen LogP contribution in [0.15, 0.2) is 10.6 Å². The maximum atomic E-state index is 12.1. The van der Waals surface area contributed by atoms with Gasteiger partial charge in [0, 0.05) is 25.1 Å². The summed E-state index contributed by atoms with van der Waals surface area (Å²) in [7, 11) is 4.12. The molecule has 1 aromatic heterocycles. The zero-order valence-electron chi connectivity index (χ0n) is 13.5. The molecule has 0 aliphatic rings. The van der Waals surface area contributed by atoms with Crippen LogP contribution in [0.25, 0.3) is 0 Å². The largest absolute Gasteiger partial charge is 0.361 e. The number of amides is 1. The Morgan fingerprint density at radius 2 is 2.15 bits per heavy atom. The summed E-state index contributed by atoms with van der Waals surface area (Å²) in [6, 6.07) is 2.07. The maximum absolute atomic E-state index is 12.1. The van der Waals surface area contributed by atoms with E-state index in [1.807, 2.05) is 6.92 Å². The molecule has 0 saturated carbocycles. The van der Waals surface area contributed by atoms with E-state index in [2.05, 4.69) is 50.2 Å².